The number of amides is 2. The van der Waals surface area contributed by atoms with Gasteiger partial charge in [0.2, 0.25) is 5.91 Å². The summed E-state index contributed by atoms with van der Waals surface area (Å²) in [5, 5.41) is 5.05. The SMILES string of the molecule is Cc1cccc(C(=O)NCC(=O)Nc2ccc(OC(F)F)cc2)c1. The molecule has 0 spiro atoms. The van der Waals surface area contributed by atoms with E-state index in [1.807, 2.05) is 13.0 Å². The summed E-state index contributed by atoms with van der Waals surface area (Å²) in [7, 11) is 0. The Labute approximate surface area is 137 Å². The minimum atomic E-state index is -2.90. The molecule has 2 aromatic rings. The van der Waals surface area contributed by atoms with Crippen LogP contribution in [0, 0.1) is 6.92 Å². The van der Waals surface area contributed by atoms with Crippen molar-refractivity contribution in [3.63, 3.8) is 0 Å². The van der Waals surface area contributed by atoms with Gasteiger partial charge in [-0.25, -0.2) is 0 Å². The maximum Gasteiger partial charge on any atom is 0.387 e. The summed E-state index contributed by atoms with van der Waals surface area (Å²) in [4.78, 5) is 23.7. The third-order valence-corrected chi connectivity index (χ3v) is 3.05. The topological polar surface area (TPSA) is 67.4 Å². The third-order valence-electron chi connectivity index (χ3n) is 3.05. The highest BCUT2D eigenvalue weighted by molar-refractivity contribution is 5.99. The number of benzene rings is 2. The van der Waals surface area contributed by atoms with Crippen LogP contribution >= 0.6 is 0 Å². The van der Waals surface area contributed by atoms with Crippen LogP contribution in [0.15, 0.2) is 48.5 Å². The fourth-order valence-electron chi connectivity index (χ4n) is 1.97. The van der Waals surface area contributed by atoms with E-state index in [-0.39, 0.29) is 18.2 Å². The largest absolute Gasteiger partial charge is 0.435 e. The Morgan fingerprint density at radius 1 is 1.12 bits per heavy atom. The van der Waals surface area contributed by atoms with Gasteiger partial charge in [0.15, 0.2) is 0 Å². The molecular weight excluding hydrogens is 318 g/mol. The van der Waals surface area contributed by atoms with Crippen LogP contribution in [0.3, 0.4) is 0 Å². The summed E-state index contributed by atoms with van der Waals surface area (Å²) in [6.45, 7) is -1.24. The Balaban J connectivity index is 1.83. The van der Waals surface area contributed by atoms with Crippen molar-refractivity contribution in [2.24, 2.45) is 0 Å². The quantitative estimate of drug-likeness (QED) is 0.853. The highest BCUT2D eigenvalue weighted by Crippen LogP contribution is 2.17. The molecule has 0 aliphatic heterocycles. The Kier molecular flexibility index (Phi) is 5.83. The van der Waals surface area contributed by atoms with Gasteiger partial charge in [0.05, 0.1) is 6.54 Å². The monoisotopic (exact) mass is 334 g/mol. The van der Waals surface area contributed by atoms with E-state index in [4.69, 9.17) is 0 Å². The number of nitrogens with one attached hydrogen (secondary N) is 2. The number of carbonyl (C=O) groups excluding carboxylic acids is 2. The van der Waals surface area contributed by atoms with Crippen LogP contribution in [0.25, 0.3) is 0 Å². The fourth-order valence-corrected chi connectivity index (χ4v) is 1.97. The van der Waals surface area contributed by atoms with Gasteiger partial charge in [0, 0.05) is 11.3 Å². The number of rotatable bonds is 6. The van der Waals surface area contributed by atoms with Crippen molar-refractivity contribution in [3.05, 3.63) is 59.7 Å². The minimum Gasteiger partial charge on any atom is -0.435 e. The second kappa shape index (κ2) is 8.05. The average Bonchev–Trinajstić information content (AvgIpc) is 2.54. The van der Waals surface area contributed by atoms with Crippen molar-refractivity contribution in [2.45, 2.75) is 13.5 Å². The predicted octanol–water partition coefficient (Wildman–Crippen LogP) is 2.96. The molecule has 0 saturated heterocycles. The maximum absolute atomic E-state index is 12.0. The normalized spacial score (nSPS) is 10.3. The summed E-state index contributed by atoms with van der Waals surface area (Å²) in [5.74, 6) is -0.788. The van der Waals surface area contributed by atoms with Gasteiger partial charge in [-0.15, -0.1) is 0 Å². The lowest BCUT2D eigenvalue weighted by Gasteiger charge is -2.09. The zero-order chi connectivity index (χ0) is 17.5. The summed E-state index contributed by atoms with van der Waals surface area (Å²) in [6.07, 6.45) is 0. The zero-order valence-corrected chi connectivity index (χ0v) is 12.9. The van der Waals surface area contributed by atoms with Gasteiger partial charge in [0.1, 0.15) is 5.75 Å². The van der Waals surface area contributed by atoms with E-state index in [2.05, 4.69) is 15.4 Å². The molecule has 126 valence electrons. The van der Waals surface area contributed by atoms with Crippen molar-refractivity contribution < 1.29 is 23.1 Å². The first-order chi connectivity index (χ1) is 11.4. The van der Waals surface area contributed by atoms with Gasteiger partial charge in [0.25, 0.3) is 5.91 Å². The van der Waals surface area contributed by atoms with Crippen molar-refractivity contribution in [1.82, 2.24) is 5.32 Å². The highest BCUT2D eigenvalue weighted by Gasteiger charge is 2.09. The van der Waals surface area contributed by atoms with E-state index in [0.29, 0.717) is 11.3 Å². The Morgan fingerprint density at radius 3 is 2.46 bits per heavy atom. The minimum absolute atomic E-state index is 0.00394. The van der Waals surface area contributed by atoms with Crippen LogP contribution in [0.5, 0.6) is 5.75 Å². The van der Waals surface area contributed by atoms with Crippen LogP contribution in [-0.2, 0) is 4.79 Å². The molecule has 2 rings (SSSR count). The summed E-state index contributed by atoms with van der Waals surface area (Å²) >= 11 is 0. The van der Waals surface area contributed by atoms with Crippen molar-refractivity contribution in [3.8, 4) is 5.75 Å². The van der Waals surface area contributed by atoms with Crippen LogP contribution in [-0.4, -0.2) is 25.0 Å². The molecule has 2 aromatic carbocycles. The summed E-state index contributed by atoms with van der Waals surface area (Å²) in [6, 6.07) is 12.5. The van der Waals surface area contributed by atoms with E-state index in [1.54, 1.807) is 18.2 Å². The van der Waals surface area contributed by atoms with Crippen LogP contribution < -0.4 is 15.4 Å². The lowest BCUT2D eigenvalue weighted by atomic mass is 10.1. The Morgan fingerprint density at radius 2 is 1.83 bits per heavy atom. The molecule has 0 radical (unpaired) electrons. The molecule has 0 unspecified atom stereocenters. The molecule has 24 heavy (non-hydrogen) atoms. The number of aryl methyl sites for hydroxylation is 1. The van der Waals surface area contributed by atoms with E-state index in [1.165, 1.54) is 24.3 Å². The number of hydrogen-bond acceptors (Lipinski definition) is 3. The van der Waals surface area contributed by atoms with Crippen LogP contribution in [0.2, 0.25) is 0 Å². The van der Waals surface area contributed by atoms with E-state index in [0.717, 1.165) is 5.56 Å². The first kappa shape index (κ1) is 17.4. The average molecular weight is 334 g/mol. The summed E-state index contributed by atoms with van der Waals surface area (Å²) < 4.78 is 28.3. The molecular formula is C17H16F2N2O3. The number of hydrogen-bond donors (Lipinski definition) is 2. The number of carbonyl (C=O) groups is 2. The van der Waals surface area contributed by atoms with Crippen molar-refractivity contribution >= 4 is 17.5 Å². The molecule has 0 aliphatic carbocycles. The molecule has 2 amide bonds. The first-order valence-electron chi connectivity index (χ1n) is 7.13. The number of halogens is 2. The maximum atomic E-state index is 12.0. The molecule has 0 aliphatic rings. The first-order valence-corrected chi connectivity index (χ1v) is 7.13. The number of ether oxygens (including phenoxy) is 1. The molecule has 0 aromatic heterocycles. The predicted molar refractivity (Wildman–Crippen MR) is 85.2 cm³/mol. The van der Waals surface area contributed by atoms with E-state index in [9.17, 15) is 18.4 Å². The van der Waals surface area contributed by atoms with Gasteiger partial charge in [-0.2, -0.15) is 8.78 Å². The highest BCUT2D eigenvalue weighted by atomic mass is 19.3. The molecule has 2 N–H and O–H groups in total. The molecule has 0 heterocycles. The van der Waals surface area contributed by atoms with Gasteiger partial charge in [-0.3, -0.25) is 9.59 Å². The fraction of sp³-hybridized carbons (Fsp3) is 0.176. The van der Waals surface area contributed by atoms with E-state index >= 15 is 0 Å². The third kappa shape index (κ3) is 5.35. The van der Waals surface area contributed by atoms with Gasteiger partial charge >= 0.3 is 6.61 Å². The number of anilines is 1. The van der Waals surface area contributed by atoms with E-state index < -0.39 is 12.5 Å². The molecule has 0 bridgehead atoms. The Hall–Kier alpha value is -2.96. The van der Waals surface area contributed by atoms with Crippen molar-refractivity contribution in [2.75, 3.05) is 11.9 Å². The second-order valence-corrected chi connectivity index (χ2v) is 5.00. The Bertz CT molecular complexity index is 718. The molecule has 7 heteroatoms. The molecule has 5 nitrogen and oxygen atoms in total. The van der Waals surface area contributed by atoms with Gasteiger partial charge < -0.3 is 15.4 Å². The van der Waals surface area contributed by atoms with Crippen LogP contribution in [0.1, 0.15) is 15.9 Å². The lowest BCUT2D eigenvalue weighted by Crippen LogP contribution is -2.32. The van der Waals surface area contributed by atoms with Crippen LogP contribution in [0.4, 0.5) is 14.5 Å². The van der Waals surface area contributed by atoms with Gasteiger partial charge in [-0.1, -0.05) is 17.7 Å². The molecule has 0 fully saturated rings. The van der Waals surface area contributed by atoms with Crippen molar-refractivity contribution in [1.29, 1.82) is 0 Å². The molecule has 0 atom stereocenters. The lowest BCUT2D eigenvalue weighted by molar-refractivity contribution is -0.115. The number of alkyl halides is 2. The standard InChI is InChI=1S/C17H16F2N2O3/c1-11-3-2-4-12(9-11)16(23)20-10-15(22)21-13-5-7-14(8-6-13)24-17(18)19/h2-9,17H,10H2,1H3,(H,20,23)(H,21,22). The molecule has 0 saturated carbocycles. The second-order valence-electron chi connectivity index (χ2n) is 5.00. The van der Waals surface area contributed by atoms with Gasteiger partial charge in [-0.05, 0) is 43.3 Å². The zero-order valence-electron chi connectivity index (χ0n) is 12.9. The smallest absolute Gasteiger partial charge is 0.387 e. The summed E-state index contributed by atoms with van der Waals surface area (Å²) in [5.41, 5.74) is 1.82.